The van der Waals surface area contributed by atoms with E-state index in [2.05, 4.69) is 32.2 Å². The molecule has 0 rings (SSSR count). The Bertz CT molecular complexity index is 203. The second kappa shape index (κ2) is 6.29. The molecule has 0 saturated heterocycles. The molecule has 0 saturated carbocycles. The molecule has 0 aliphatic heterocycles. The molecular formula is C13H27NO. The van der Waals surface area contributed by atoms with Gasteiger partial charge in [0.1, 0.15) is 0 Å². The van der Waals surface area contributed by atoms with E-state index in [1.807, 2.05) is 20.8 Å². The first kappa shape index (κ1) is 14.7. The number of allylic oxidation sites excluding steroid dienone is 2. The van der Waals surface area contributed by atoms with Crippen LogP contribution in [0.4, 0.5) is 0 Å². The lowest BCUT2D eigenvalue weighted by atomic mass is 9.96. The fourth-order valence-corrected chi connectivity index (χ4v) is 1.45. The topological polar surface area (TPSA) is 32.3 Å². The number of hydrogen-bond acceptors (Lipinski definition) is 2. The summed E-state index contributed by atoms with van der Waals surface area (Å²) in [5.74, 6) is 0. The summed E-state index contributed by atoms with van der Waals surface area (Å²) < 4.78 is 0. The molecule has 0 aromatic carbocycles. The molecule has 0 spiro atoms. The van der Waals surface area contributed by atoms with Gasteiger partial charge in [0.15, 0.2) is 0 Å². The van der Waals surface area contributed by atoms with E-state index in [1.165, 1.54) is 5.57 Å². The van der Waals surface area contributed by atoms with Crippen LogP contribution in [0, 0.1) is 0 Å². The minimum absolute atomic E-state index is 0.204. The maximum Gasteiger partial charge on any atom is 0.0688 e. The van der Waals surface area contributed by atoms with Crippen molar-refractivity contribution in [2.75, 3.05) is 0 Å². The summed E-state index contributed by atoms with van der Waals surface area (Å²) in [6.07, 6.45) is 4.14. The molecule has 2 atom stereocenters. The van der Waals surface area contributed by atoms with Crippen molar-refractivity contribution >= 4 is 0 Å². The maximum atomic E-state index is 9.57. The largest absolute Gasteiger partial charge is 0.392 e. The lowest BCUT2D eigenvalue weighted by Crippen LogP contribution is -2.51. The fraction of sp³-hybridized carbons (Fsp3) is 0.846. The zero-order valence-corrected chi connectivity index (χ0v) is 11.1. The zero-order chi connectivity index (χ0) is 12.1. The van der Waals surface area contributed by atoms with Crippen LogP contribution in [0.5, 0.6) is 0 Å². The molecule has 0 bridgehead atoms. The van der Waals surface area contributed by atoms with Gasteiger partial charge in [0.2, 0.25) is 0 Å². The van der Waals surface area contributed by atoms with Gasteiger partial charge in [-0.1, -0.05) is 11.6 Å². The van der Waals surface area contributed by atoms with E-state index in [4.69, 9.17) is 0 Å². The van der Waals surface area contributed by atoms with Gasteiger partial charge in [0.05, 0.1) is 6.10 Å². The summed E-state index contributed by atoms with van der Waals surface area (Å²) in [6.45, 7) is 12.3. The third-order valence-corrected chi connectivity index (χ3v) is 2.82. The summed E-state index contributed by atoms with van der Waals surface area (Å²) in [5.41, 5.74) is 1.17. The van der Waals surface area contributed by atoms with Gasteiger partial charge in [-0.25, -0.2) is 0 Å². The van der Waals surface area contributed by atoms with E-state index in [9.17, 15) is 5.11 Å². The smallest absolute Gasteiger partial charge is 0.0688 e. The monoisotopic (exact) mass is 213 g/mol. The molecule has 2 nitrogen and oxygen atoms in total. The normalized spacial score (nSPS) is 15.9. The molecule has 15 heavy (non-hydrogen) atoms. The van der Waals surface area contributed by atoms with Crippen LogP contribution in [0.15, 0.2) is 11.6 Å². The summed E-state index contributed by atoms with van der Waals surface area (Å²) >= 11 is 0. The van der Waals surface area contributed by atoms with Crippen molar-refractivity contribution < 1.29 is 5.11 Å². The first-order valence-electron chi connectivity index (χ1n) is 5.85. The van der Waals surface area contributed by atoms with Crippen molar-refractivity contribution in [1.82, 2.24) is 5.32 Å². The van der Waals surface area contributed by atoms with Gasteiger partial charge in [-0.15, -0.1) is 0 Å². The lowest BCUT2D eigenvalue weighted by molar-refractivity contribution is 0.0887. The molecule has 2 unspecified atom stereocenters. The SMILES string of the molecule is CC(C)=CCCC(C)NC(C)(C)C(C)O. The second-order valence-corrected chi connectivity index (χ2v) is 5.30. The molecule has 0 aromatic heterocycles. The Hall–Kier alpha value is -0.340. The van der Waals surface area contributed by atoms with Crippen molar-refractivity contribution in [3.63, 3.8) is 0 Å². The van der Waals surface area contributed by atoms with E-state index in [-0.39, 0.29) is 11.6 Å². The van der Waals surface area contributed by atoms with Crippen molar-refractivity contribution in [3.8, 4) is 0 Å². The van der Waals surface area contributed by atoms with E-state index >= 15 is 0 Å². The van der Waals surface area contributed by atoms with Crippen molar-refractivity contribution in [1.29, 1.82) is 0 Å². The van der Waals surface area contributed by atoms with Gasteiger partial charge in [-0.3, -0.25) is 0 Å². The molecule has 90 valence electrons. The molecule has 0 amide bonds. The Morgan fingerprint density at radius 3 is 2.27 bits per heavy atom. The Morgan fingerprint density at radius 2 is 1.87 bits per heavy atom. The van der Waals surface area contributed by atoms with Gasteiger partial charge in [-0.2, -0.15) is 0 Å². The van der Waals surface area contributed by atoms with Crippen LogP contribution in [-0.2, 0) is 0 Å². The van der Waals surface area contributed by atoms with E-state index in [0.717, 1.165) is 12.8 Å². The summed E-state index contributed by atoms with van der Waals surface area (Å²) in [4.78, 5) is 0. The summed E-state index contributed by atoms with van der Waals surface area (Å²) in [5, 5.41) is 13.0. The predicted molar refractivity (Wildman–Crippen MR) is 67.0 cm³/mol. The standard InChI is InChI=1S/C13H27NO/c1-10(2)8-7-9-11(3)14-13(5,6)12(4)15/h8,11-12,14-15H,7,9H2,1-6H3. The first-order valence-corrected chi connectivity index (χ1v) is 5.85. The van der Waals surface area contributed by atoms with Crippen molar-refractivity contribution in [3.05, 3.63) is 11.6 Å². The number of hydrogen-bond donors (Lipinski definition) is 2. The van der Waals surface area contributed by atoms with E-state index < -0.39 is 0 Å². The van der Waals surface area contributed by atoms with Crippen LogP contribution in [0.3, 0.4) is 0 Å². The highest BCUT2D eigenvalue weighted by Gasteiger charge is 2.24. The summed E-state index contributed by atoms with van der Waals surface area (Å²) in [7, 11) is 0. The Balaban J connectivity index is 3.93. The highest BCUT2D eigenvalue weighted by molar-refractivity contribution is 4.94. The molecular weight excluding hydrogens is 186 g/mol. The van der Waals surface area contributed by atoms with E-state index in [1.54, 1.807) is 0 Å². The van der Waals surface area contributed by atoms with Crippen LogP contribution in [0.1, 0.15) is 54.4 Å². The van der Waals surface area contributed by atoms with Crippen molar-refractivity contribution in [2.45, 2.75) is 72.1 Å². The highest BCUT2D eigenvalue weighted by atomic mass is 16.3. The number of aliphatic hydroxyl groups is 1. The average Bonchev–Trinajstić information content (AvgIpc) is 2.01. The van der Waals surface area contributed by atoms with Gasteiger partial charge in [-0.05, 0) is 54.4 Å². The Morgan fingerprint density at radius 1 is 1.33 bits per heavy atom. The second-order valence-electron chi connectivity index (χ2n) is 5.30. The number of aliphatic hydroxyl groups excluding tert-OH is 1. The van der Waals surface area contributed by atoms with Crippen LogP contribution in [0.25, 0.3) is 0 Å². The molecule has 0 aliphatic rings. The fourth-order valence-electron chi connectivity index (χ4n) is 1.45. The van der Waals surface area contributed by atoms with Crippen LogP contribution in [-0.4, -0.2) is 22.8 Å². The summed E-state index contributed by atoms with van der Waals surface area (Å²) in [6, 6.07) is 0.435. The molecule has 2 N–H and O–H groups in total. The minimum Gasteiger partial charge on any atom is -0.392 e. The van der Waals surface area contributed by atoms with Gasteiger partial charge in [0.25, 0.3) is 0 Å². The van der Waals surface area contributed by atoms with Gasteiger partial charge < -0.3 is 10.4 Å². The van der Waals surface area contributed by atoms with Gasteiger partial charge >= 0.3 is 0 Å². The number of nitrogens with one attached hydrogen (secondary N) is 1. The molecule has 2 heteroatoms. The molecule has 0 radical (unpaired) electrons. The molecule has 0 fully saturated rings. The lowest BCUT2D eigenvalue weighted by Gasteiger charge is -2.33. The minimum atomic E-state index is -0.330. The average molecular weight is 213 g/mol. The third-order valence-electron chi connectivity index (χ3n) is 2.82. The van der Waals surface area contributed by atoms with Crippen molar-refractivity contribution in [2.24, 2.45) is 0 Å². The Kier molecular flexibility index (Phi) is 6.15. The maximum absolute atomic E-state index is 9.57. The van der Waals surface area contributed by atoms with Crippen LogP contribution >= 0.6 is 0 Å². The third kappa shape index (κ3) is 6.69. The zero-order valence-electron chi connectivity index (χ0n) is 11.1. The van der Waals surface area contributed by atoms with E-state index in [0.29, 0.717) is 6.04 Å². The van der Waals surface area contributed by atoms with Crippen LogP contribution in [0.2, 0.25) is 0 Å². The first-order chi connectivity index (χ1) is 6.75. The van der Waals surface area contributed by atoms with Crippen LogP contribution < -0.4 is 5.32 Å². The van der Waals surface area contributed by atoms with Gasteiger partial charge in [0, 0.05) is 11.6 Å². The predicted octanol–water partition coefficient (Wildman–Crippen LogP) is 2.87. The molecule has 0 heterocycles. The molecule has 0 aromatic rings. The number of rotatable bonds is 6. The Labute approximate surface area is 94.8 Å². The quantitative estimate of drug-likeness (QED) is 0.665. The molecule has 0 aliphatic carbocycles. The highest BCUT2D eigenvalue weighted by Crippen LogP contribution is 2.11.